The number of nitrogens with zero attached hydrogens (tertiary/aromatic N) is 4. The second-order valence-corrected chi connectivity index (χ2v) is 8.20. The lowest BCUT2D eigenvalue weighted by molar-refractivity contribution is 0.576. The van der Waals surface area contributed by atoms with Gasteiger partial charge in [-0.2, -0.15) is 10.2 Å². The summed E-state index contributed by atoms with van der Waals surface area (Å²) in [5, 5.41) is 13.1. The molecular weight excluding hydrogens is 346 g/mol. The summed E-state index contributed by atoms with van der Waals surface area (Å²) in [6.45, 7) is 2.19. The monoisotopic (exact) mass is 369 g/mol. The Morgan fingerprint density at radius 2 is 2.07 bits per heavy atom. The zero-order chi connectivity index (χ0) is 18.8. The summed E-state index contributed by atoms with van der Waals surface area (Å²) >= 11 is 0. The van der Waals surface area contributed by atoms with Crippen LogP contribution < -0.4 is 0 Å². The minimum absolute atomic E-state index is 0.169. The topological polar surface area (TPSA) is 58.9 Å². The lowest BCUT2D eigenvalue weighted by Gasteiger charge is -2.37. The van der Waals surface area contributed by atoms with Crippen molar-refractivity contribution in [3.63, 3.8) is 0 Å². The van der Waals surface area contributed by atoms with Gasteiger partial charge < -0.3 is 0 Å². The van der Waals surface area contributed by atoms with Crippen LogP contribution in [-0.4, -0.2) is 31.7 Å². The second kappa shape index (κ2) is 5.77. The smallest absolute Gasteiger partial charge is 0.0890 e. The van der Waals surface area contributed by atoms with Gasteiger partial charge in [-0.3, -0.25) is 14.8 Å². The minimum Gasteiger partial charge on any atom is -0.278 e. The van der Waals surface area contributed by atoms with Crippen LogP contribution >= 0.6 is 0 Å². The molecule has 2 unspecified atom stereocenters. The number of aryl methyl sites for hydroxylation is 1. The average molecular weight is 369 g/mol. The van der Waals surface area contributed by atoms with Gasteiger partial charge in [0, 0.05) is 35.2 Å². The summed E-state index contributed by atoms with van der Waals surface area (Å²) in [6.07, 6.45) is 11.1. The minimum atomic E-state index is 0.169. The Balaban J connectivity index is 1.55. The van der Waals surface area contributed by atoms with Gasteiger partial charge in [-0.15, -0.1) is 0 Å². The maximum Gasteiger partial charge on any atom is 0.0890 e. The van der Waals surface area contributed by atoms with Crippen molar-refractivity contribution in [2.75, 3.05) is 0 Å². The molecule has 0 radical (unpaired) electrons. The van der Waals surface area contributed by atoms with Crippen LogP contribution in [0.3, 0.4) is 0 Å². The highest BCUT2D eigenvalue weighted by Crippen LogP contribution is 2.47. The number of fused-ring (bicyclic) bond motifs is 5. The van der Waals surface area contributed by atoms with Gasteiger partial charge >= 0.3 is 0 Å². The molecule has 6 rings (SSSR count). The van der Waals surface area contributed by atoms with E-state index in [1.807, 2.05) is 17.9 Å². The molecule has 5 heteroatoms. The molecule has 0 saturated heterocycles. The molecule has 1 aromatic carbocycles. The molecular formula is C23H23N5. The van der Waals surface area contributed by atoms with Crippen molar-refractivity contribution in [2.45, 2.75) is 44.6 Å². The lowest BCUT2D eigenvalue weighted by Crippen LogP contribution is -2.30. The number of aromatic nitrogens is 4. The van der Waals surface area contributed by atoms with Crippen LogP contribution in [0.5, 0.6) is 0 Å². The predicted octanol–water partition coefficient (Wildman–Crippen LogP) is 4.46. The summed E-state index contributed by atoms with van der Waals surface area (Å²) in [4.78, 5) is 5.30. The highest BCUT2D eigenvalue weighted by atomic mass is 15.3. The van der Waals surface area contributed by atoms with Crippen molar-refractivity contribution >= 4 is 22.7 Å². The number of allylic oxidation sites excluding steroid dienone is 1. The summed E-state index contributed by atoms with van der Waals surface area (Å²) in [5.74, 6) is 0.352. The largest absolute Gasteiger partial charge is 0.278 e. The third kappa shape index (κ3) is 2.16. The molecule has 0 fully saturated rings. The van der Waals surface area contributed by atoms with Gasteiger partial charge in [0.05, 0.1) is 29.2 Å². The average Bonchev–Trinajstić information content (AvgIpc) is 3.31. The molecule has 2 aromatic heterocycles. The van der Waals surface area contributed by atoms with Crippen LogP contribution in [0.1, 0.15) is 54.1 Å². The van der Waals surface area contributed by atoms with Crippen molar-refractivity contribution in [2.24, 2.45) is 12.0 Å². The van der Waals surface area contributed by atoms with Gasteiger partial charge in [-0.05, 0) is 56.4 Å². The number of nitrogens with one attached hydrogen (secondary N) is 1. The van der Waals surface area contributed by atoms with Gasteiger partial charge in [0.15, 0.2) is 0 Å². The quantitative estimate of drug-likeness (QED) is 0.688. The van der Waals surface area contributed by atoms with E-state index in [-0.39, 0.29) is 6.04 Å². The fourth-order valence-electron chi connectivity index (χ4n) is 5.24. The molecule has 1 aliphatic heterocycles. The highest BCUT2D eigenvalue weighted by molar-refractivity contribution is 6.15. The normalized spacial score (nSPS) is 23.4. The number of rotatable bonds is 1. The van der Waals surface area contributed by atoms with E-state index in [4.69, 9.17) is 10.1 Å². The molecule has 3 aromatic rings. The Morgan fingerprint density at radius 1 is 1.18 bits per heavy atom. The second-order valence-electron chi connectivity index (χ2n) is 8.20. The molecule has 0 spiro atoms. The lowest BCUT2D eigenvalue weighted by atomic mass is 9.71. The molecule has 28 heavy (non-hydrogen) atoms. The first-order valence-electron chi connectivity index (χ1n) is 10.2. The van der Waals surface area contributed by atoms with Crippen LogP contribution in [0.25, 0.3) is 17.0 Å². The highest BCUT2D eigenvalue weighted by Gasteiger charge is 2.39. The summed E-state index contributed by atoms with van der Waals surface area (Å²) < 4.78 is 2.02. The SMILES string of the molecule is Cc1c2c(nn1C)C=CC1N=C(c3ccc4[nH]ncc4c3)C3=C(CCCC3)C21. The molecule has 3 heterocycles. The van der Waals surface area contributed by atoms with E-state index in [1.54, 1.807) is 5.57 Å². The maximum atomic E-state index is 5.30. The molecule has 140 valence electrons. The first-order valence-corrected chi connectivity index (χ1v) is 10.2. The first kappa shape index (κ1) is 16.0. The zero-order valence-electron chi connectivity index (χ0n) is 16.2. The standard InChI is InChI=1S/C23H23N5/c1-13-21-20(27-28(13)2)10-9-19-22(21)16-5-3-4-6-17(16)23(25-19)14-7-8-18-15(11-14)12-24-26-18/h7-12,19,22H,3-6H2,1-2H3,(H,24,26). The van der Waals surface area contributed by atoms with Gasteiger partial charge in [0.1, 0.15) is 0 Å². The third-order valence-corrected chi connectivity index (χ3v) is 6.68. The van der Waals surface area contributed by atoms with E-state index in [0.29, 0.717) is 5.92 Å². The number of dihydropyridines is 1. The number of aliphatic imine (C=N–C) groups is 1. The number of H-pyrrole nitrogens is 1. The fraction of sp³-hybridized carbons (Fsp3) is 0.348. The van der Waals surface area contributed by atoms with Crippen molar-refractivity contribution in [1.82, 2.24) is 20.0 Å². The van der Waals surface area contributed by atoms with Gasteiger partial charge in [-0.25, -0.2) is 0 Å². The Labute approximate surface area is 163 Å². The van der Waals surface area contributed by atoms with E-state index in [0.717, 1.165) is 23.0 Å². The molecule has 5 nitrogen and oxygen atoms in total. The Morgan fingerprint density at radius 3 is 3.00 bits per heavy atom. The molecule has 0 amide bonds. The summed E-state index contributed by atoms with van der Waals surface area (Å²) in [6, 6.07) is 6.70. The number of benzene rings is 1. The number of hydrogen-bond donors (Lipinski definition) is 1. The number of aromatic amines is 1. The Bertz CT molecular complexity index is 1200. The molecule has 3 aliphatic rings. The van der Waals surface area contributed by atoms with E-state index < -0.39 is 0 Å². The van der Waals surface area contributed by atoms with Gasteiger partial charge in [-0.1, -0.05) is 17.7 Å². The molecule has 0 saturated carbocycles. The summed E-state index contributed by atoms with van der Waals surface area (Å²) in [7, 11) is 2.05. The van der Waals surface area contributed by atoms with Crippen LogP contribution in [0.15, 0.2) is 46.6 Å². The molecule has 2 aliphatic carbocycles. The zero-order valence-corrected chi connectivity index (χ0v) is 16.2. The third-order valence-electron chi connectivity index (χ3n) is 6.68. The van der Waals surface area contributed by atoms with Crippen molar-refractivity contribution in [3.8, 4) is 0 Å². The van der Waals surface area contributed by atoms with Crippen LogP contribution in [-0.2, 0) is 7.05 Å². The van der Waals surface area contributed by atoms with Crippen molar-refractivity contribution < 1.29 is 0 Å². The van der Waals surface area contributed by atoms with Crippen LogP contribution in [0.2, 0.25) is 0 Å². The molecule has 2 atom stereocenters. The van der Waals surface area contributed by atoms with Crippen LogP contribution in [0, 0.1) is 6.92 Å². The van der Waals surface area contributed by atoms with E-state index >= 15 is 0 Å². The fourth-order valence-corrected chi connectivity index (χ4v) is 5.24. The van der Waals surface area contributed by atoms with E-state index in [1.165, 1.54) is 47.4 Å². The maximum absolute atomic E-state index is 5.30. The van der Waals surface area contributed by atoms with Crippen LogP contribution in [0.4, 0.5) is 0 Å². The van der Waals surface area contributed by atoms with Gasteiger partial charge in [0.25, 0.3) is 0 Å². The predicted molar refractivity (Wildman–Crippen MR) is 112 cm³/mol. The van der Waals surface area contributed by atoms with Crippen molar-refractivity contribution in [1.29, 1.82) is 0 Å². The first-order chi connectivity index (χ1) is 13.7. The van der Waals surface area contributed by atoms with E-state index in [9.17, 15) is 0 Å². The Hall–Kier alpha value is -2.95. The number of hydrogen-bond acceptors (Lipinski definition) is 3. The Kier molecular flexibility index (Phi) is 3.31. The van der Waals surface area contributed by atoms with Crippen molar-refractivity contribution in [3.05, 3.63) is 64.1 Å². The van der Waals surface area contributed by atoms with Gasteiger partial charge in [0.2, 0.25) is 0 Å². The summed E-state index contributed by atoms with van der Waals surface area (Å²) in [5.41, 5.74) is 10.3. The molecule has 0 bridgehead atoms. The van der Waals surface area contributed by atoms with E-state index in [2.05, 4.69) is 47.5 Å². The molecule has 1 N–H and O–H groups in total.